The van der Waals surface area contributed by atoms with Crippen LogP contribution in [0.5, 0.6) is 11.5 Å². The fourth-order valence-electron chi connectivity index (χ4n) is 1.89. The molecule has 1 aromatic heterocycles. The van der Waals surface area contributed by atoms with Crippen molar-refractivity contribution in [3.05, 3.63) is 29.3 Å². The van der Waals surface area contributed by atoms with Crippen molar-refractivity contribution in [2.24, 2.45) is 0 Å². The van der Waals surface area contributed by atoms with Crippen LogP contribution in [0, 0.1) is 0 Å². The highest BCUT2D eigenvalue weighted by atomic mass is 35.5. The van der Waals surface area contributed by atoms with E-state index in [0.29, 0.717) is 11.0 Å². The van der Waals surface area contributed by atoms with Crippen LogP contribution in [0.3, 0.4) is 0 Å². The third-order valence-corrected chi connectivity index (χ3v) is 3.04. The summed E-state index contributed by atoms with van der Waals surface area (Å²) in [4.78, 5) is 0. The number of methoxy groups -OCH3 is 2. The summed E-state index contributed by atoms with van der Waals surface area (Å²) in [7, 11) is 3.23. The van der Waals surface area contributed by atoms with E-state index in [1.54, 1.807) is 18.8 Å². The molecule has 0 saturated carbocycles. The molecule has 2 rings (SSSR count). The predicted molar refractivity (Wildman–Crippen MR) is 73.5 cm³/mol. The van der Waals surface area contributed by atoms with Crippen molar-refractivity contribution in [3.8, 4) is 17.2 Å². The van der Waals surface area contributed by atoms with E-state index in [4.69, 9.17) is 21.1 Å². The zero-order valence-corrected chi connectivity index (χ0v) is 11.9. The molecule has 0 radical (unpaired) electrons. The first kappa shape index (κ1) is 13.7. The van der Waals surface area contributed by atoms with Crippen LogP contribution in [0.25, 0.3) is 5.69 Å². The smallest absolute Gasteiger partial charge is 0.229 e. The van der Waals surface area contributed by atoms with Gasteiger partial charge in [0.1, 0.15) is 17.3 Å². The lowest BCUT2D eigenvalue weighted by Crippen LogP contribution is -2.04. The molecule has 102 valence electrons. The first-order chi connectivity index (χ1) is 9.21. The minimum absolute atomic E-state index is 0.315. The third-order valence-electron chi connectivity index (χ3n) is 2.79. The summed E-state index contributed by atoms with van der Waals surface area (Å²) in [5.74, 6) is 2.22. The highest BCUT2D eigenvalue weighted by molar-refractivity contribution is 6.28. The summed E-state index contributed by atoms with van der Waals surface area (Å²) in [5.41, 5.74) is 0.778. The lowest BCUT2D eigenvalue weighted by Gasteiger charge is -2.13. The lowest BCUT2D eigenvalue weighted by atomic mass is 10.2. The van der Waals surface area contributed by atoms with E-state index in [1.807, 2.05) is 18.2 Å². The molecule has 0 aliphatic heterocycles. The molecule has 0 bridgehead atoms. The fourth-order valence-corrected chi connectivity index (χ4v) is 2.12. The standard InChI is InChI=1S/C13H16ClN3O2/c1-4-5-12-15-16-13(14)17(12)10-8-9(18-2)6-7-11(10)19-3/h6-8H,4-5H2,1-3H3. The van der Waals surface area contributed by atoms with Gasteiger partial charge in [0.25, 0.3) is 0 Å². The Labute approximate surface area is 117 Å². The van der Waals surface area contributed by atoms with Crippen LogP contribution >= 0.6 is 11.6 Å². The Hall–Kier alpha value is -1.75. The van der Waals surface area contributed by atoms with Crippen molar-refractivity contribution in [2.75, 3.05) is 14.2 Å². The molecular weight excluding hydrogens is 266 g/mol. The number of hydrogen-bond donors (Lipinski definition) is 0. The van der Waals surface area contributed by atoms with Crippen LogP contribution in [0.1, 0.15) is 19.2 Å². The molecule has 6 heteroatoms. The Morgan fingerprint density at radius 3 is 2.63 bits per heavy atom. The van der Waals surface area contributed by atoms with E-state index < -0.39 is 0 Å². The van der Waals surface area contributed by atoms with Crippen molar-refractivity contribution in [1.82, 2.24) is 14.8 Å². The van der Waals surface area contributed by atoms with Crippen LogP contribution in [-0.4, -0.2) is 29.0 Å². The zero-order chi connectivity index (χ0) is 13.8. The molecule has 5 nitrogen and oxygen atoms in total. The van der Waals surface area contributed by atoms with Crippen molar-refractivity contribution >= 4 is 11.6 Å². The summed E-state index contributed by atoms with van der Waals surface area (Å²) >= 11 is 6.13. The Morgan fingerprint density at radius 1 is 1.21 bits per heavy atom. The average Bonchev–Trinajstić information content (AvgIpc) is 2.79. The number of ether oxygens (including phenoxy) is 2. The Kier molecular flexibility index (Phi) is 4.27. The second kappa shape index (κ2) is 5.93. The molecule has 19 heavy (non-hydrogen) atoms. The van der Waals surface area contributed by atoms with E-state index in [0.717, 1.165) is 30.1 Å². The van der Waals surface area contributed by atoms with Gasteiger partial charge in [-0.2, -0.15) is 0 Å². The maximum absolute atomic E-state index is 6.13. The molecule has 0 aliphatic rings. The van der Waals surface area contributed by atoms with E-state index in [9.17, 15) is 0 Å². The monoisotopic (exact) mass is 281 g/mol. The van der Waals surface area contributed by atoms with Gasteiger partial charge in [0.2, 0.25) is 5.28 Å². The van der Waals surface area contributed by atoms with Gasteiger partial charge in [-0.3, -0.25) is 4.57 Å². The first-order valence-electron chi connectivity index (χ1n) is 6.03. The number of aromatic nitrogens is 3. The van der Waals surface area contributed by atoms with Gasteiger partial charge in [-0.1, -0.05) is 6.92 Å². The SMILES string of the molecule is CCCc1nnc(Cl)n1-c1cc(OC)ccc1OC. The predicted octanol–water partition coefficient (Wildman–Crippen LogP) is 2.89. The van der Waals surface area contributed by atoms with Crippen LogP contribution in [-0.2, 0) is 6.42 Å². The van der Waals surface area contributed by atoms with E-state index in [-0.39, 0.29) is 0 Å². The summed E-state index contributed by atoms with van der Waals surface area (Å²) < 4.78 is 12.4. The Bertz CT molecular complexity index is 569. The molecule has 0 spiro atoms. The first-order valence-corrected chi connectivity index (χ1v) is 6.41. The minimum atomic E-state index is 0.315. The second-order valence-electron chi connectivity index (χ2n) is 4.01. The summed E-state index contributed by atoms with van der Waals surface area (Å²) in [6.07, 6.45) is 1.75. The molecule has 0 unspecified atom stereocenters. The molecule has 0 N–H and O–H groups in total. The molecule has 0 fully saturated rings. The lowest BCUT2D eigenvalue weighted by molar-refractivity contribution is 0.401. The van der Waals surface area contributed by atoms with Crippen LogP contribution in [0.15, 0.2) is 18.2 Å². The zero-order valence-electron chi connectivity index (χ0n) is 11.2. The van der Waals surface area contributed by atoms with Gasteiger partial charge in [-0.25, -0.2) is 0 Å². The Balaban J connectivity index is 2.59. The third kappa shape index (κ3) is 2.66. The fraction of sp³-hybridized carbons (Fsp3) is 0.385. The van der Waals surface area contributed by atoms with Crippen molar-refractivity contribution in [2.45, 2.75) is 19.8 Å². The molecule has 1 aromatic carbocycles. The number of hydrogen-bond acceptors (Lipinski definition) is 4. The molecule has 0 saturated heterocycles. The van der Waals surface area contributed by atoms with Crippen LogP contribution in [0.2, 0.25) is 5.28 Å². The number of halogens is 1. The van der Waals surface area contributed by atoms with Crippen LogP contribution in [0.4, 0.5) is 0 Å². The number of rotatable bonds is 5. The van der Waals surface area contributed by atoms with Crippen molar-refractivity contribution < 1.29 is 9.47 Å². The second-order valence-corrected chi connectivity index (χ2v) is 4.35. The maximum Gasteiger partial charge on any atom is 0.229 e. The van der Waals surface area contributed by atoms with Crippen molar-refractivity contribution in [1.29, 1.82) is 0 Å². The highest BCUT2D eigenvalue weighted by Gasteiger charge is 2.16. The van der Waals surface area contributed by atoms with Gasteiger partial charge in [-0.05, 0) is 30.2 Å². The average molecular weight is 282 g/mol. The van der Waals surface area contributed by atoms with E-state index in [1.165, 1.54) is 0 Å². The number of aryl methyl sites for hydroxylation is 1. The molecular formula is C13H16ClN3O2. The Morgan fingerprint density at radius 2 is 2.00 bits per heavy atom. The van der Waals surface area contributed by atoms with Gasteiger partial charge in [0.15, 0.2) is 0 Å². The quantitative estimate of drug-likeness (QED) is 0.845. The van der Waals surface area contributed by atoms with Gasteiger partial charge in [0, 0.05) is 12.5 Å². The molecule has 0 aliphatic carbocycles. The summed E-state index contributed by atoms with van der Waals surface area (Å²) in [5, 5.41) is 8.34. The van der Waals surface area contributed by atoms with Gasteiger partial charge in [0.05, 0.1) is 19.9 Å². The summed E-state index contributed by atoms with van der Waals surface area (Å²) in [6.45, 7) is 2.08. The highest BCUT2D eigenvalue weighted by Crippen LogP contribution is 2.30. The topological polar surface area (TPSA) is 49.2 Å². The maximum atomic E-state index is 6.13. The molecule has 2 aromatic rings. The number of nitrogens with zero attached hydrogens (tertiary/aromatic N) is 3. The van der Waals surface area contributed by atoms with Gasteiger partial charge < -0.3 is 9.47 Å². The van der Waals surface area contributed by atoms with Gasteiger partial charge in [-0.15, -0.1) is 10.2 Å². The van der Waals surface area contributed by atoms with Gasteiger partial charge >= 0.3 is 0 Å². The normalized spacial score (nSPS) is 10.5. The van der Waals surface area contributed by atoms with Crippen LogP contribution < -0.4 is 9.47 Å². The van der Waals surface area contributed by atoms with E-state index in [2.05, 4.69) is 17.1 Å². The molecule has 1 heterocycles. The molecule has 0 atom stereocenters. The van der Waals surface area contributed by atoms with E-state index >= 15 is 0 Å². The summed E-state index contributed by atoms with van der Waals surface area (Å²) in [6, 6.07) is 5.52. The largest absolute Gasteiger partial charge is 0.497 e. The molecule has 0 amide bonds. The van der Waals surface area contributed by atoms with Crippen molar-refractivity contribution in [3.63, 3.8) is 0 Å². The minimum Gasteiger partial charge on any atom is -0.497 e. The number of benzene rings is 1.